The second-order valence-corrected chi connectivity index (χ2v) is 6.41. The van der Waals surface area contributed by atoms with E-state index in [1.54, 1.807) is 0 Å². The van der Waals surface area contributed by atoms with Gasteiger partial charge in [0.2, 0.25) is 0 Å². The number of rotatable bonds is 8. The van der Waals surface area contributed by atoms with E-state index >= 15 is 0 Å². The number of hydrogen-bond donors (Lipinski definition) is 2. The molecule has 0 amide bonds. The smallest absolute Gasteiger partial charge is 0.191 e. The van der Waals surface area contributed by atoms with Crippen LogP contribution in [-0.4, -0.2) is 30.6 Å². The van der Waals surface area contributed by atoms with Gasteiger partial charge in [-0.25, -0.2) is 0 Å². The first-order chi connectivity index (χ1) is 11.8. The van der Waals surface area contributed by atoms with Gasteiger partial charge in [-0.15, -0.1) is 24.0 Å². The van der Waals surface area contributed by atoms with Crippen LogP contribution in [-0.2, 0) is 12.8 Å². The van der Waals surface area contributed by atoms with Crippen molar-refractivity contribution in [3.8, 4) is 0 Å². The first-order valence-electron chi connectivity index (χ1n) is 8.44. The zero-order valence-corrected chi connectivity index (χ0v) is 18.5. The molecule has 2 aromatic rings. The molecule has 6 heteroatoms. The highest BCUT2D eigenvalue weighted by Gasteiger charge is 1.99. The van der Waals surface area contributed by atoms with Gasteiger partial charge < -0.3 is 10.6 Å². The summed E-state index contributed by atoms with van der Waals surface area (Å²) in [5.41, 5.74) is 2.43. The van der Waals surface area contributed by atoms with E-state index in [-0.39, 0.29) is 24.0 Å². The van der Waals surface area contributed by atoms with E-state index in [2.05, 4.69) is 67.7 Å². The monoisotopic (exact) mass is 516 g/mol. The largest absolute Gasteiger partial charge is 0.357 e. The van der Waals surface area contributed by atoms with Gasteiger partial charge in [0, 0.05) is 42.4 Å². The fourth-order valence-electron chi connectivity index (χ4n) is 2.36. The summed E-state index contributed by atoms with van der Waals surface area (Å²) in [7, 11) is 0. The molecular weight excluding hydrogens is 491 g/mol. The first kappa shape index (κ1) is 21.9. The highest BCUT2D eigenvalue weighted by Crippen LogP contribution is 2.12. The number of halogens is 2. The van der Waals surface area contributed by atoms with E-state index in [1.165, 1.54) is 5.56 Å². The van der Waals surface area contributed by atoms with Crippen LogP contribution in [0.15, 0.2) is 58.1 Å². The molecule has 0 fully saturated rings. The fourth-order valence-corrected chi connectivity index (χ4v) is 2.81. The van der Waals surface area contributed by atoms with Gasteiger partial charge >= 0.3 is 0 Å². The van der Waals surface area contributed by atoms with Gasteiger partial charge in [0.1, 0.15) is 0 Å². The minimum absolute atomic E-state index is 0. The third-order valence-electron chi connectivity index (χ3n) is 3.53. The summed E-state index contributed by atoms with van der Waals surface area (Å²) in [5, 5.41) is 6.66. The van der Waals surface area contributed by atoms with Crippen LogP contribution in [0.2, 0.25) is 0 Å². The van der Waals surface area contributed by atoms with Crippen molar-refractivity contribution in [1.29, 1.82) is 0 Å². The number of aliphatic imine (C=N–C) groups is 1. The van der Waals surface area contributed by atoms with Crippen molar-refractivity contribution in [3.63, 3.8) is 0 Å². The molecule has 1 aromatic heterocycles. The van der Waals surface area contributed by atoms with E-state index in [4.69, 9.17) is 0 Å². The average molecular weight is 517 g/mol. The minimum Gasteiger partial charge on any atom is -0.357 e. The normalized spacial score (nSPS) is 10.9. The zero-order chi connectivity index (χ0) is 17.0. The molecule has 0 saturated carbocycles. The molecule has 0 aliphatic heterocycles. The minimum atomic E-state index is 0. The molecule has 2 rings (SSSR count). The number of pyridine rings is 1. The van der Waals surface area contributed by atoms with Crippen LogP contribution in [0, 0.1) is 0 Å². The third-order valence-corrected chi connectivity index (χ3v) is 4.02. The molecule has 1 aromatic carbocycles. The Balaban J connectivity index is 0.00000312. The molecule has 0 aliphatic rings. The fraction of sp³-hybridized carbons (Fsp3) is 0.368. The van der Waals surface area contributed by atoms with Crippen LogP contribution in [0.25, 0.3) is 0 Å². The SMILES string of the molecule is CCNC(=NCCCc1cccc(Br)c1)NCCc1ccccn1.I. The van der Waals surface area contributed by atoms with Gasteiger partial charge in [0.15, 0.2) is 5.96 Å². The van der Waals surface area contributed by atoms with E-state index in [0.717, 1.165) is 55.0 Å². The summed E-state index contributed by atoms with van der Waals surface area (Å²) in [6, 6.07) is 14.5. The van der Waals surface area contributed by atoms with Gasteiger partial charge in [-0.1, -0.05) is 34.1 Å². The van der Waals surface area contributed by atoms with E-state index in [0.29, 0.717) is 0 Å². The van der Waals surface area contributed by atoms with Crippen LogP contribution in [0.3, 0.4) is 0 Å². The Morgan fingerprint density at radius 1 is 1.12 bits per heavy atom. The van der Waals surface area contributed by atoms with Gasteiger partial charge in [-0.05, 0) is 49.6 Å². The van der Waals surface area contributed by atoms with Gasteiger partial charge in [-0.3, -0.25) is 9.98 Å². The molecule has 0 atom stereocenters. The first-order valence-corrected chi connectivity index (χ1v) is 9.23. The van der Waals surface area contributed by atoms with Crippen molar-refractivity contribution in [2.75, 3.05) is 19.6 Å². The summed E-state index contributed by atoms with van der Waals surface area (Å²) in [6.07, 6.45) is 4.80. The molecule has 0 unspecified atom stereocenters. The third kappa shape index (κ3) is 9.21. The van der Waals surface area contributed by atoms with Gasteiger partial charge in [-0.2, -0.15) is 0 Å². The molecule has 0 spiro atoms. The van der Waals surface area contributed by atoms with E-state index in [9.17, 15) is 0 Å². The van der Waals surface area contributed by atoms with Crippen LogP contribution < -0.4 is 10.6 Å². The lowest BCUT2D eigenvalue weighted by Crippen LogP contribution is -2.38. The second-order valence-electron chi connectivity index (χ2n) is 5.49. The summed E-state index contributed by atoms with van der Waals surface area (Å²) in [4.78, 5) is 8.98. The predicted molar refractivity (Wildman–Crippen MR) is 120 cm³/mol. The number of nitrogens with zero attached hydrogens (tertiary/aromatic N) is 2. The van der Waals surface area contributed by atoms with E-state index in [1.807, 2.05) is 24.4 Å². The number of nitrogens with one attached hydrogen (secondary N) is 2. The standard InChI is InChI=1S/C19H25BrN4.HI/c1-2-21-19(24-14-11-18-10-3-4-12-22-18)23-13-6-8-16-7-5-9-17(20)15-16;/h3-5,7,9-10,12,15H,2,6,8,11,13-14H2,1H3,(H2,21,23,24);1H. The average Bonchev–Trinajstić information content (AvgIpc) is 2.60. The number of guanidine groups is 1. The quantitative estimate of drug-likeness (QED) is 0.239. The van der Waals surface area contributed by atoms with E-state index < -0.39 is 0 Å². The van der Waals surface area contributed by atoms with Crippen LogP contribution in [0.1, 0.15) is 24.6 Å². The van der Waals surface area contributed by atoms with Crippen molar-refractivity contribution in [1.82, 2.24) is 15.6 Å². The van der Waals surface area contributed by atoms with Crippen LogP contribution in [0.5, 0.6) is 0 Å². The summed E-state index contributed by atoms with van der Waals surface area (Å²) in [6.45, 7) is 4.58. The summed E-state index contributed by atoms with van der Waals surface area (Å²) < 4.78 is 1.13. The Labute approximate surface area is 176 Å². The maximum absolute atomic E-state index is 4.64. The molecule has 0 bridgehead atoms. The molecule has 0 radical (unpaired) electrons. The maximum Gasteiger partial charge on any atom is 0.191 e. The number of benzene rings is 1. The summed E-state index contributed by atoms with van der Waals surface area (Å²) in [5.74, 6) is 0.877. The Bertz CT molecular complexity index is 634. The van der Waals surface area contributed by atoms with Crippen LogP contribution >= 0.6 is 39.9 Å². The Kier molecular flexibility index (Phi) is 11.5. The van der Waals surface area contributed by atoms with Gasteiger partial charge in [0.25, 0.3) is 0 Å². The van der Waals surface area contributed by atoms with Gasteiger partial charge in [0.05, 0.1) is 0 Å². The van der Waals surface area contributed by atoms with Crippen molar-refractivity contribution in [2.24, 2.45) is 4.99 Å². The summed E-state index contributed by atoms with van der Waals surface area (Å²) >= 11 is 3.51. The lowest BCUT2D eigenvalue weighted by molar-refractivity contribution is 0.770. The Hall–Kier alpha value is -1.15. The Morgan fingerprint density at radius 3 is 2.72 bits per heavy atom. The van der Waals surface area contributed by atoms with Crippen molar-refractivity contribution in [2.45, 2.75) is 26.2 Å². The number of hydrogen-bond acceptors (Lipinski definition) is 2. The zero-order valence-electron chi connectivity index (χ0n) is 14.5. The molecule has 0 saturated heterocycles. The number of aryl methyl sites for hydroxylation is 1. The molecule has 1 heterocycles. The molecule has 4 nitrogen and oxygen atoms in total. The van der Waals surface area contributed by atoms with Crippen LogP contribution in [0.4, 0.5) is 0 Å². The molecular formula is C19H26BrIN4. The Morgan fingerprint density at radius 2 is 2.00 bits per heavy atom. The number of aromatic nitrogens is 1. The molecule has 2 N–H and O–H groups in total. The topological polar surface area (TPSA) is 49.3 Å². The molecule has 25 heavy (non-hydrogen) atoms. The second kappa shape index (κ2) is 13.1. The van der Waals surface area contributed by atoms with Crippen molar-refractivity contribution in [3.05, 3.63) is 64.4 Å². The maximum atomic E-state index is 4.64. The van der Waals surface area contributed by atoms with Crippen molar-refractivity contribution >= 4 is 45.9 Å². The molecule has 136 valence electrons. The lowest BCUT2D eigenvalue weighted by atomic mass is 10.1. The highest BCUT2D eigenvalue weighted by molar-refractivity contribution is 14.0. The predicted octanol–water partition coefficient (Wildman–Crippen LogP) is 4.19. The lowest BCUT2D eigenvalue weighted by Gasteiger charge is -2.11. The molecule has 0 aliphatic carbocycles. The van der Waals surface area contributed by atoms with Crippen molar-refractivity contribution < 1.29 is 0 Å². The highest BCUT2D eigenvalue weighted by atomic mass is 127.